The zero-order valence-electron chi connectivity index (χ0n) is 23.9. The molecule has 0 radical (unpaired) electrons. The molecule has 2 saturated heterocycles. The Kier molecular flexibility index (Phi) is 10.9. The molecule has 1 unspecified atom stereocenters. The van der Waals surface area contributed by atoms with Gasteiger partial charge in [0.25, 0.3) is 0 Å². The number of carboxylic acid groups (broad SMARTS) is 1. The number of hydrogen-bond acceptors (Lipinski definition) is 5. The molecule has 2 aliphatic heterocycles. The van der Waals surface area contributed by atoms with Crippen molar-refractivity contribution in [2.45, 2.75) is 70.3 Å². The van der Waals surface area contributed by atoms with E-state index in [1.165, 1.54) is 23.1 Å². The van der Waals surface area contributed by atoms with Gasteiger partial charge in [-0.05, 0) is 75.3 Å². The zero-order chi connectivity index (χ0) is 32.1. The Morgan fingerprint density at radius 2 is 1.53 bits per heavy atom. The standard InChI is InChI=1S/C28H35F2N3O3.C2HF3O2/c1-28(2,17-34)27(36)32(16-23-24(29)7-4-8-25(23)30)11-12-33-21-9-10-22(33)15-20(14-21)18-5-3-6-19(13-18)26(31)35;3-2(4,5)1(6)7/h3-8,13,20-22,34H,9-12,14-17H2,1-2H3,(H2,31,35);(H,6,7)/t20?,21-,22+;. The van der Waals surface area contributed by atoms with Crippen LogP contribution in [0.1, 0.15) is 66.9 Å². The first-order valence-electron chi connectivity index (χ1n) is 13.8. The molecule has 2 amide bonds. The fourth-order valence-electron chi connectivity index (χ4n) is 5.72. The summed E-state index contributed by atoms with van der Waals surface area (Å²) < 4.78 is 60.5. The molecule has 0 saturated carbocycles. The number of fused-ring (bicyclic) bond motifs is 2. The second-order valence-corrected chi connectivity index (χ2v) is 11.6. The maximum Gasteiger partial charge on any atom is 0.490 e. The van der Waals surface area contributed by atoms with Crippen LogP contribution < -0.4 is 5.73 Å². The molecule has 4 rings (SSSR count). The molecule has 13 heteroatoms. The van der Waals surface area contributed by atoms with Gasteiger partial charge in [0.15, 0.2) is 0 Å². The van der Waals surface area contributed by atoms with Crippen LogP contribution >= 0.6 is 0 Å². The molecular formula is C30H36F5N3O5. The Balaban J connectivity index is 0.000000646. The smallest absolute Gasteiger partial charge is 0.475 e. The minimum Gasteiger partial charge on any atom is -0.475 e. The second kappa shape index (κ2) is 13.8. The molecule has 4 N–H and O–H groups in total. The Morgan fingerprint density at radius 3 is 2.02 bits per heavy atom. The fourth-order valence-corrected chi connectivity index (χ4v) is 5.72. The normalized spacial score (nSPS) is 20.2. The Morgan fingerprint density at radius 1 is 1.00 bits per heavy atom. The van der Waals surface area contributed by atoms with E-state index in [9.17, 15) is 36.6 Å². The van der Waals surface area contributed by atoms with E-state index >= 15 is 0 Å². The summed E-state index contributed by atoms with van der Waals surface area (Å²) in [4.78, 5) is 37.7. The summed E-state index contributed by atoms with van der Waals surface area (Å²) in [5.74, 6) is -4.57. The summed E-state index contributed by atoms with van der Waals surface area (Å²) >= 11 is 0. The topological polar surface area (TPSA) is 124 Å². The van der Waals surface area contributed by atoms with Crippen molar-refractivity contribution in [3.63, 3.8) is 0 Å². The Hall–Kier alpha value is -3.58. The number of alkyl halides is 3. The number of nitrogens with zero attached hydrogens (tertiary/aromatic N) is 2. The fraction of sp³-hybridized carbons (Fsp3) is 0.500. The molecule has 2 bridgehead atoms. The zero-order valence-corrected chi connectivity index (χ0v) is 23.9. The maximum atomic E-state index is 14.4. The van der Waals surface area contributed by atoms with Crippen molar-refractivity contribution in [1.82, 2.24) is 9.80 Å². The maximum absolute atomic E-state index is 14.4. The van der Waals surface area contributed by atoms with Gasteiger partial charge < -0.3 is 20.8 Å². The molecule has 8 nitrogen and oxygen atoms in total. The number of carbonyl (C=O) groups is 3. The van der Waals surface area contributed by atoms with E-state index in [1.54, 1.807) is 19.9 Å². The third-order valence-electron chi connectivity index (χ3n) is 8.07. The van der Waals surface area contributed by atoms with Crippen LogP contribution in [0.4, 0.5) is 22.0 Å². The molecule has 3 atom stereocenters. The molecule has 2 aromatic carbocycles. The van der Waals surface area contributed by atoms with Crippen molar-refractivity contribution in [1.29, 1.82) is 0 Å². The van der Waals surface area contributed by atoms with Gasteiger partial charge >= 0.3 is 12.1 Å². The number of rotatable bonds is 9. The summed E-state index contributed by atoms with van der Waals surface area (Å²) in [6, 6.07) is 11.9. The number of halogens is 5. The van der Waals surface area contributed by atoms with E-state index in [2.05, 4.69) is 4.90 Å². The number of aliphatic carboxylic acids is 1. The highest BCUT2D eigenvalue weighted by Crippen LogP contribution is 2.43. The van der Waals surface area contributed by atoms with Crippen LogP contribution in [-0.2, 0) is 16.1 Å². The molecule has 0 spiro atoms. The molecule has 2 fully saturated rings. The van der Waals surface area contributed by atoms with Crippen molar-refractivity contribution in [3.05, 3.63) is 70.8 Å². The average molecular weight is 614 g/mol. The molecule has 0 aliphatic carbocycles. The van der Waals surface area contributed by atoms with Crippen molar-refractivity contribution >= 4 is 17.8 Å². The first kappa shape index (κ1) is 33.9. The molecule has 43 heavy (non-hydrogen) atoms. The minimum atomic E-state index is -5.08. The molecule has 236 valence electrons. The Labute approximate surface area is 246 Å². The summed E-state index contributed by atoms with van der Waals surface area (Å²) in [6.45, 7) is 3.62. The van der Waals surface area contributed by atoms with Gasteiger partial charge in [-0.15, -0.1) is 0 Å². The van der Waals surface area contributed by atoms with Crippen LogP contribution in [0, 0.1) is 17.0 Å². The Bertz CT molecular complexity index is 1290. The number of benzene rings is 2. The molecule has 0 aromatic heterocycles. The number of aliphatic hydroxyl groups is 1. The third-order valence-corrected chi connectivity index (χ3v) is 8.07. The summed E-state index contributed by atoms with van der Waals surface area (Å²) in [5.41, 5.74) is 5.91. The van der Waals surface area contributed by atoms with Crippen molar-refractivity contribution < 1.29 is 46.5 Å². The lowest BCUT2D eigenvalue weighted by molar-refractivity contribution is -0.192. The lowest BCUT2D eigenvalue weighted by atomic mass is 9.84. The number of piperidine rings is 1. The molecular weight excluding hydrogens is 577 g/mol. The number of amides is 2. The lowest BCUT2D eigenvalue weighted by Crippen LogP contribution is -2.49. The predicted octanol–water partition coefficient (Wildman–Crippen LogP) is 4.45. The summed E-state index contributed by atoms with van der Waals surface area (Å²) in [6.07, 6.45) is -1.10. The number of primary amides is 1. The van der Waals surface area contributed by atoms with Crippen LogP contribution in [0.5, 0.6) is 0 Å². The van der Waals surface area contributed by atoms with E-state index in [-0.39, 0.29) is 24.6 Å². The number of aliphatic hydroxyl groups excluding tert-OH is 1. The second-order valence-electron chi connectivity index (χ2n) is 11.6. The number of carbonyl (C=O) groups excluding carboxylic acids is 2. The van der Waals surface area contributed by atoms with E-state index in [0.29, 0.717) is 36.7 Å². The van der Waals surface area contributed by atoms with Crippen LogP contribution in [0.25, 0.3) is 0 Å². The van der Waals surface area contributed by atoms with Crippen molar-refractivity contribution in [2.24, 2.45) is 11.1 Å². The van der Waals surface area contributed by atoms with Gasteiger partial charge in [0.2, 0.25) is 11.8 Å². The quantitative estimate of drug-likeness (QED) is 0.359. The van der Waals surface area contributed by atoms with E-state index < -0.39 is 35.1 Å². The van der Waals surface area contributed by atoms with Crippen LogP contribution in [-0.4, -0.2) is 75.8 Å². The highest BCUT2D eigenvalue weighted by molar-refractivity contribution is 5.92. The number of carboxylic acids is 1. The highest BCUT2D eigenvalue weighted by Gasteiger charge is 2.42. The van der Waals surface area contributed by atoms with Crippen molar-refractivity contribution in [2.75, 3.05) is 19.7 Å². The predicted molar refractivity (Wildman–Crippen MR) is 147 cm³/mol. The lowest BCUT2D eigenvalue weighted by Gasteiger charge is -2.41. The third kappa shape index (κ3) is 8.50. The van der Waals surface area contributed by atoms with Gasteiger partial charge in [0, 0.05) is 36.3 Å². The van der Waals surface area contributed by atoms with Gasteiger partial charge in [-0.2, -0.15) is 13.2 Å². The highest BCUT2D eigenvalue weighted by atomic mass is 19.4. The van der Waals surface area contributed by atoms with E-state index in [1.807, 2.05) is 18.2 Å². The van der Waals surface area contributed by atoms with Crippen LogP contribution in [0.15, 0.2) is 42.5 Å². The summed E-state index contributed by atoms with van der Waals surface area (Å²) in [7, 11) is 0. The molecule has 2 aromatic rings. The largest absolute Gasteiger partial charge is 0.490 e. The van der Waals surface area contributed by atoms with Crippen molar-refractivity contribution in [3.8, 4) is 0 Å². The van der Waals surface area contributed by atoms with Gasteiger partial charge in [-0.25, -0.2) is 13.6 Å². The number of hydrogen-bond donors (Lipinski definition) is 3. The summed E-state index contributed by atoms with van der Waals surface area (Å²) in [5, 5.41) is 16.9. The van der Waals surface area contributed by atoms with Gasteiger partial charge in [0.05, 0.1) is 18.6 Å². The monoisotopic (exact) mass is 613 g/mol. The van der Waals surface area contributed by atoms with E-state index in [0.717, 1.165) is 31.2 Å². The van der Waals surface area contributed by atoms with Gasteiger partial charge in [0.1, 0.15) is 11.6 Å². The first-order chi connectivity index (χ1) is 20.0. The average Bonchev–Trinajstić information content (AvgIpc) is 3.17. The van der Waals surface area contributed by atoms with Crippen LogP contribution in [0.3, 0.4) is 0 Å². The minimum absolute atomic E-state index is 0.143. The molecule has 2 heterocycles. The van der Waals surface area contributed by atoms with Gasteiger partial charge in [-0.1, -0.05) is 18.2 Å². The molecule has 2 aliphatic rings. The number of nitrogens with two attached hydrogens (primary N) is 1. The van der Waals surface area contributed by atoms with Gasteiger partial charge in [-0.3, -0.25) is 14.5 Å². The SMILES string of the molecule is CC(C)(CO)C(=O)N(CCN1[C@@H]2CC[C@H]1CC(c1cccc(C(N)=O)c1)C2)Cc1c(F)cccc1F.O=C(O)C(F)(F)F. The van der Waals surface area contributed by atoms with E-state index in [4.69, 9.17) is 15.6 Å². The first-order valence-corrected chi connectivity index (χ1v) is 13.8. The van der Waals surface area contributed by atoms with Crippen LogP contribution in [0.2, 0.25) is 0 Å².